The van der Waals surface area contributed by atoms with Crippen molar-refractivity contribution in [2.45, 2.75) is 26.4 Å². The van der Waals surface area contributed by atoms with Crippen LogP contribution >= 0.6 is 0 Å². The molecule has 0 aliphatic rings. The lowest BCUT2D eigenvalue weighted by molar-refractivity contribution is 0.0595. The van der Waals surface area contributed by atoms with E-state index in [4.69, 9.17) is 0 Å². The van der Waals surface area contributed by atoms with Crippen LogP contribution in [0.25, 0.3) is 0 Å². The first-order valence-corrected chi connectivity index (χ1v) is 6.77. The molecular formula is C15H18FN3O2. The Morgan fingerprint density at radius 2 is 2.29 bits per heavy atom. The van der Waals surface area contributed by atoms with Crippen LogP contribution in [-0.2, 0) is 17.8 Å². The molecule has 1 aromatic heterocycles. The van der Waals surface area contributed by atoms with Crippen molar-refractivity contribution in [2.24, 2.45) is 0 Å². The highest BCUT2D eigenvalue weighted by atomic mass is 19.1. The highest BCUT2D eigenvalue weighted by molar-refractivity contribution is 5.90. The summed E-state index contributed by atoms with van der Waals surface area (Å²) in [6.07, 6.45) is 4.69. The Bertz CT molecular complexity index is 625. The van der Waals surface area contributed by atoms with E-state index < -0.39 is 11.8 Å². The fraction of sp³-hybridized carbons (Fsp3) is 0.333. The average molecular weight is 291 g/mol. The number of carbonyl (C=O) groups is 1. The van der Waals surface area contributed by atoms with Gasteiger partial charge in [0.15, 0.2) is 0 Å². The molecule has 2 aromatic rings. The monoisotopic (exact) mass is 291 g/mol. The molecule has 1 heterocycles. The molecule has 0 saturated heterocycles. The lowest BCUT2D eigenvalue weighted by atomic mass is 10.2. The molecule has 0 atom stereocenters. The third-order valence-corrected chi connectivity index (χ3v) is 3.09. The molecule has 0 spiro atoms. The Morgan fingerprint density at radius 3 is 3.00 bits per heavy atom. The maximum absolute atomic E-state index is 13.5. The van der Waals surface area contributed by atoms with E-state index in [0.29, 0.717) is 12.2 Å². The van der Waals surface area contributed by atoms with Crippen LogP contribution in [0.2, 0.25) is 0 Å². The number of nitrogens with one attached hydrogen (secondary N) is 1. The SMILES string of the molecule is CCCn1ccnc1CNc1ccc(F)c(C(=O)OC)c1. The fourth-order valence-corrected chi connectivity index (χ4v) is 2.03. The van der Waals surface area contributed by atoms with Crippen molar-refractivity contribution >= 4 is 11.7 Å². The second-order valence-electron chi connectivity index (χ2n) is 4.58. The standard InChI is InChI=1S/C15H18FN3O2/c1-3-7-19-8-6-17-14(19)10-18-11-4-5-13(16)12(9-11)15(20)21-2/h4-6,8-9,18H,3,7,10H2,1-2H3. The third-order valence-electron chi connectivity index (χ3n) is 3.09. The second kappa shape index (κ2) is 6.88. The van der Waals surface area contributed by atoms with Gasteiger partial charge in [0.2, 0.25) is 0 Å². The van der Waals surface area contributed by atoms with E-state index in [1.54, 1.807) is 12.3 Å². The molecule has 0 saturated carbocycles. The van der Waals surface area contributed by atoms with Crippen LogP contribution in [-0.4, -0.2) is 22.6 Å². The van der Waals surface area contributed by atoms with Crippen molar-refractivity contribution in [3.63, 3.8) is 0 Å². The molecule has 21 heavy (non-hydrogen) atoms. The van der Waals surface area contributed by atoms with Crippen molar-refractivity contribution < 1.29 is 13.9 Å². The van der Waals surface area contributed by atoms with Gasteiger partial charge in [0.1, 0.15) is 11.6 Å². The zero-order valence-corrected chi connectivity index (χ0v) is 12.1. The van der Waals surface area contributed by atoms with Crippen molar-refractivity contribution in [3.8, 4) is 0 Å². The zero-order valence-electron chi connectivity index (χ0n) is 12.1. The lowest BCUT2D eigenvalue weighted by Gasteiger charge is -2.10. The van der Waals surface area contributed by atoms with E-state index in [0.717, 1.165) is 18.8 Å². The Kier molecular flexibility index (Phi) is 4.92. The number of methoxy groups -OCH3 is 1. The second-order valence-corrected chi connectivity index (χ2v) is 4.58. The van der Waals surface area contributed by atoms with Crippen LogP contribution in [0.1, 0.15) is 29.5 Å². The van der Waals surface area contributed by atoms with E-state index in [1.807, 2.05) is 6.20 Å². The Balaban J connectivity index is 2.09. The van der Waals surface area contributed by atoms with Gasteiger partial charge >= 0.3 is 5.97 Å². The third kappa shape index (κ3) is 3.59. The minimum atomic E-state index is -0.691. The number of hydrogen-bond acceptors (Lipinski definition) is 4. The molecule has 0 bridgehead atoms. The van der Waals surface area contributed by atoms with Gasteiger partial charge in [0.05, 0.1) is 19.2 Å². The molecule has 1 N–H and O–H groups in total. The smallest absolute Gasteiger partial charge is 0.340 e. The van der Waals surface area contributed by atoms with E-state index in [2.05, 4.69) is 26.5 Å². The summed E-state index contributed by atoms with van der Waals surface area (Å²) < 4.78 is 20.1. The van der Waals surface area contributed by atoms with Gasteiger partial charge in [-0.3, -0.25) is 0 Å². The van der Waals surface area contributed by atoms with Gasteiger partial charge in [-0.2, -0.15) is 0 Å². The molecule has 0 unspecified atom stereocenters. The highest BCUT2D eigenvalue weighted by Crippen LogP contribution is 2.16. The van der Waals surface area contributed by atoms with Crippen LogP contribution in [0.4, 0.5) is 10.1 Å². The Morgan fingerprint density at radius 1 is 1.48 bits per heavy atom. The van der Waals surface area contributed by atoms with Gasteiger partial charge < -0.3 is 14.6 Å². The molecule has 112 valence electrons. The number of esters is 1. The van der Waals surface area contributed by atoms with E-state index in [9.17, 15) is 9.18 Å². The molecule has 1 aromatic carbocycles. The number of carbonyl (C=O) groups excluding carboxylic acids is 1. The summed E-state index contributed by atoms with van der Waals surface area (Å²) in [7, 11) is 1.23. The number of nitrogens with zero attached hydrogens (tertiary/aromatic N) is 2. The van der Waals surface area contributed by atoms with Crippen LogP contribution in [0, 0.1) is 5.82 Å². The fourth-order valence-electron chi connectivity index (χ4n) is 2.03. The molecule has 0 fully saturated rings. The van der Waals surface area contributed by atoms with Crippen molar-refractivity contribution in [1.82, 2.24) is 9.55 Å². The van der Waals surface area contributed by atoms with Gasteiger partial charge in [0.25, 0.3) is 0 Å². The van der Waals surface area contributed by atoms with Gasteiger partial charge in [0, 0.05) is 24.6 Å². The molecule has 0 radical (unpaired) electrons. The van der Waals surface area contributed by atoms with Gasteiger partial charge in [-0.1, -0.05) is 6.92 Å². The van der Waals surface area contributed by atoms with Crippen molar-refractivity contribution in [2.75, 3.05) is 12.4 Å². The maximum atomic E-state index is 13.5. The number of rotatable bonds is 6. The number of anilines is 1. The first-order chi connectivity index (χ1) is 10.2. The lowest BCUT2D eigenvalue weighted by Crippen LogP contribution is -2.10. The van der Waals surface area contributed by atoms with Gasteiger partial charge in [-0.25, -0.2) is 14.2 Å². The number of benzene rings is 1. The van der Waals surface area contributed by atoms with Gasteiger partial charge in [-0.15, -0.1) is 0 Å². The van der Waals surface area contributed by atoms with Gasteiger partial charge in [-0.05, 0) is 24.6 Å². The summed E-state index contributed by atoms with van der Waals surface area (Å²) in [5, 5.41) is 3.13. The van der Waals surface area contributed by atoms with E-state index in [1.165, 1.54) is 19.2 Å². The number of ether oxygens (including phenoxy) is 1. The largest absolute Gasteiger partial charge is 0.465 e. The molecule has 0 aliphatic carbocycles. The number of aryl methyl sites for hydroxylation is 1. The quantitative estimate of drug-likeness (QED) is 0.831. The first-order valence-electron chi connectivity index (χ1n) is 6.77. The molecular weight excluding hydrogens is 273 g/mol. The molecule has 2 rings (SSSR count). The first kappa shape index (κ1) is 15.0. The number of hydrogen-bond donors (Lipinski definition) is 1. The molecule has 6 heteroatoms. The summed E-state index contributed by atoms with van der Waals surface area (Å²) in [4.78, 5) is 15.7. The normalized spacial score (nSPS) is 10.4. The van der Waals surface area contributed by atoms with E-state index in [-0.39, 0.29) is 5.56 Å². The number of imidazole rings is 1. The molecule has 0 amide bonds. The predicted octanol–water partition coefficient (Wildman–Crippen LogP) is 2.83. The topological polar surface area (TPSA) is 56.2 Å². The molecule has 5 nitrogen and oxygen atoms in total. The summed E-state index contributed by atoms with van der Waals surface area (Å²) in [5.41, 5.74) is 0.558. The van der Waals surface area contributed by atoms with E-state index >= 15 is 0 Å². The maximum Gasteiger partial charge on any atom is 0.340 e. The van der Waals surface area contributed by atoms with Crippen LogP contribution in [0.15, 0.2) is 30.6 Å². The number of halogens is 1. The average Bonchev–Trinajstić information content (AvgIpc) is 2.93. The van der Waals surface area contributed by atoms with Crippen molar-refractivity contribution in [1.29, 1.82) is 0 Å². The minimum absolute atomic E-state index is 0.0839. The highest BCUT2D eigenvalue weighted by Gasteiger charge is 2.12. The Hall–Kier alpha value is -2.37. The summed E-state index contributed by atoms with van der Waals surface area (Å²) >= 11 is 0. The summed E-state index contributed by atoms with van der Waals surface area (Å²) in [5.74, 6) is -0.399. The summed E-state index contributed by atoms with van der Waals surface area (Å²) in [6, 6.07) is 4.26. The van der Waals surface area contributed by atoms with Crippen LogP contribution < -0.4 is 5.32 Å². The number of aromatic nitrogens is 2. The van der Waals surface area contributed by atoms with Crippen LogP contribution in [0.5, 0.6) is 0 Å². The van der Waals surface area contributed by atoms with Crippen LogP contribution in [0.3, 0.4) is 0 Å². The van der Waals surface area contributed by atoms with Crippen molar-refractivity contribution in [3.05, 3.63) is 47.8 Å². The predicted molar refractivity (Wildman–Crippen MR) is 77.6 cm³/mol. The minimum Gasteiger partial charge on any atom is -0.465 e. The summed E-state index contributed by atoms with van der Waals surface area (Å²) in [6.45, 7) is 3.49. The Labute approximate surface area is 122 Å². The zero-order chi connectivity index (χ0) is 15.2. The molecule has 0 aliphatic heterocycles.